The van der Waals surface area contributed by atoms with E-state index in [4.69, 9.17) is 10.6 Å². The molecular weight excluding hydrogens is 330 g/mol. The Hall–Kier alpha value is -0.560. The van der Waals surface area contributed by atoms with Crippen molar-refractivity contribution in [2.75, 3.05) is 6.61 Å². The number of hydrogen-bond donors (Lipinski definition) is 2. The van der Waals surface area contributed by atoms with Crippen LogP contribution in [-0.4, -0.2) is 18.8 Å². The van der Waals surface area contributed by atoms with Gasteiger partial charge in [0, 0.05) is 12.2 Å². The van der Waals surface area contributed by atoms with Gasteiger partial charge in [0.2, 0.25) is 0 Å². The zero-order valence-corrected chi connectivity index (χ0v) is 13.3. The number of hydrazine groups is 1. The lowest BCUT2D eigenvalue weighted by Crippen LogP contribution is -2.47. The number of benzene rings is 1. The van der Waals surface area contributed by atoms with E-state index in [1.54, 1.807) is 0 Å². The molecule has 1 aromatic rings. The van der Waals surface area contributed by atoms with Crippen LogP contribution in [0, 0.1) is 11.6 Å². The lowest BCUT2D eigenvalue weighted by molar-refractivity contribution is 0.0278. The molecule has 0 aliphatic heterocycles. The van der Waals surface area contributed by atoms with Crippen molar-refractivity contribution >= 4 is 15.9 Å². The first-order chi connectivity index (χ1) is 9.54. The van der Waals surface area contributed by atoms with E-state index in [1.807, 2.05) is 13.8 Å². The first-order valence-corrected chi connectivity index (χ1v) is 7.54. The summed E-state index contributed by atoms with van der Waals surface area (Å²) >= 11 is 3.07. The van der Waals surface area contributed by atoms with Crippen molar-refractivity contribution in [2.24, 2.45) is 5.84 Å². The average molecular weight is 351 g/mol. The zero-order chi connectivity index (χ0) is 15.1. The van der Waals surface area contributed by atoms with Gasteiger partial charge in [0.15, 0.2) is 0 Å². The molecule has 3 N–H and O–H groups in total. The maximum absolute atomic E-state index is 14.0. The summed E-state index contributed by atoms with van der Waals surface area (Å²) in [6.45, 7) is 4.45. The lowest BCUT2D eigenvalue weighted by Gasteiger charge is -2.26. The number of ether oxygens (including phenoxy) is 1. The van der Waals surface area contributed by atoms with E-state index >= 15 is 0 Å². The predicted octanol–water partition coefficient (Wildman–Crippen LogP) is 3.31. The van der Waals surface area contributed by atoms with Crippen LogP contribution >= 0.6 is 15.9 Å². The first kappa shape index (κ1) is 17.5. The Labute approximate surface area is 127 Å². The van der Waals surface area contributed by atoms with Crippen LogP contribution in [-0.2, 0) is 11.2 Å². The molecule has 0 aliphatic rings. The van der Waals surface area contributed by atoms with Gasteiger partial charge in [-0.3, -0.25) is 11.3 Å². The Kier molecular flexibility index (Phi) is 7.58. The highest BCUT2D eigenvalue weighted by molar-refractivity contribution is 9.10. The third-order valence-electron chi connectivity index (χ3n) is 3.18. The van der Waals surface area contributed by atoms with Gasteiger partial charge in [-0.15, -0.1) is 0 Å². The average Bonchev–Trinajstić information content (AvgIpc) is 2.43. The van der Waals surface area contributed by atoms with E-state index in [9.17, 15) is 8.78 Å². The molecule has 0 aliphatic carbocycles. The van der Waals surface area contributed by atoms with E-state index in [0.717, 1.165) is 12.8 Å². The van der Waals surface area contributed by atoms with Crippen molar-refractivity contribution in [3.63, 3.8) is 0 Å². The Balaban J connectivity index is 2.94. The fourth-order valence-electron chi connectivity index (χ4n) is 2.17. The van der Waals surface area contributed by atoms with Crippen molar-refractivity contribution in [1.82, 2.24) is 5.43 Å². The molecule has 0 spiro atoms. The Morgan fingerprint density at radius 3 is 2.60 bits per heavy atom. The summed E-state index contributed by atoms with van der Waals surface area (Å²) in [4.78, 5) is 0. The number of nitrogens with one attached hydrogen (secondary N) is 1. The molecule has 0 saturated carbocycles. The normalized spacial score (nSPS) is 14.3. The van der Waals surface area contributed by atoms with Crippen LogP contribution in [0.2, 0.25) is 0 Å². The minimum atomic E-state index is -0.586. The predicted molar refractivity (Wildman–Crippen MR) is 79.2 cm³/mol. The van der Waals surface area contributed by atoms with E-state index in [1.165, 1.54) is 12.1 Å². The van der Waals surface area contributed by atoms with Gasteiger partial charge in [0.1, 0.15) is 11.6 Å². The number of halogens is 3. The summed E-state index contributed by atoms with van der Waals surface area (Å²) in [6.07, 6.45) is 1.65. The largest absolute Gasteiger partial charge is 0.377 e. The topological polar surface area (TPSA) is 47.3 Å². The molecule has 0 fully saturated rings. The molecule has 20 heavy (non-hydrogen) atoms. The summed E-state index contributed by atoms with van der Waals surface area (Å²) < 4.78 is 33.7. The van der Waals surface area contributed by atoms with E-state index in [0.29, 0.717) is 6.61 Å². The maximum atomic E-state index is 14.0. The van der Waals surface area contributed by atoms with Crippen molar-refractivity contribution in [3.05, 3.63) is 33.8 Å². The fourth-order valence-corrected chi connectivity index (χ4v) is 2.54. The third kappa shape index (κ3) is 4.48. The maximum Gasteiger partial charge on any atom is 0.143 e. The van der Waals surface area contributed by atoms with Gasteiger partial charge < -0.3 is 4.74 Å². The molecule has 6 heteroatoms. The summed E-state index contributed by atoms with van der Waals surface area (Å²) in [5.41, 5.74) is 2.64. The van der Waals surface area contributed by atoms with Gasteiger partial charge in [-0.1, -0.05) is 13.3 Å². The molecule has 0 amide bonds. The second-order valence-electron chi connectivity index (χ2n) is 4.58. The van der Waals surface area contributed by atoms with Crippen LogP contribution < -0.4 is 11.3 Å². The van der Waals surface area contributed by atoms with Gasteiger partial charge in [-0.25, -0.2) is 8.78 Å². The monoisotopic (exact) mass is 350 g/mol. The van der Waals surface area contributed by atoms with Gasteiger partial charge in [-0.2, -0.15) is 0 Å². The molecule has 0 radical (unpaired) electrons. The first-order valence-electron chi connectivity index (χ1n) is 6.75. The molecule has 0 bridgehead atoms. The highest BCUT2D eigenvalue weighted by Gasteiger charge is 2.24. The van der Waals surface area contributed by atoms with Gasteiger partial charge >= 0.3 is 0 Å². The van der Waals surface area contributed by atoms with Gasteiger partial charge in [0.05, 0.1) is 16.6 Å². The smallest absolute Gasteiger partial charge is 0.143 e. The van der Waals surface area contributed by atoms with Crippen LogP contribution in [0.25, 0.3) is 0 Å². The van der Waals surface area contributed by atoms with Crippen LogP contribution in [0.3, 0.4) is 0 Å². The molecule has 0 aromatic heterocycles. The van der Waals surface area contributed by atoms with Crippen LogP contribution in [0.4, 0.5) is 8.78 Å². The standard InChI is InChI=1S/C14H21BrF2N2O/c1-3-5-13(20-4-2)12(19-18)8-9-11(16)7-6-10(15)14(9)17/h6-7,12-13,19H,3-5,8,18H2,1-2H3. The summed E-state index contributed by atoms with van der Waals surface area (Å²) in [5.74, 6) is 4.38. The lowest BCUT2D eigenvalue weighted by atomic mass is 9.98. The van der Waals surface area contributed by atoms with Crippen molar-refractivity contribution in [1.29, 1.82) is 0 Å². The van der Waals surface area contributed by atoms with Gasteiger partial charge in [-0.05, 0) is 47.8 Å². The molecule has 1 rings (SSSR count). The molecule has 2 atom stereocenters. The molecule has 0 heterocycles. The molecule has 0 saturated heterocycles. The zero-order valence-electron chi connectivity index (χ0n) is 11.8. The third-order valence-corrected chi connectivity index (χ3v) is 3.79. The molecule has 1 aromatic carbocycles. The number of hydrogen-bond acceptors (Lipinski definition) is 3. The van der Waals surface area contributed by atoms with Crippen molar-refractivity contribution in [2.45, 2.75) is 45.3 Å². The highest BCUT2D eigenvalue weighted by atomic mass is 79.9. The Morgan fingerprint density at radius 2 is 2.05 bits per heavy atom. The Morgan fingerprint density at radius 1 is 1.35 bits per heavy atom. The van der Waals surface area contributed by atoms with Crippen LogP contribution in [0.1, 0.15) is 32.3 Å². The van der Waals surface area contributed by atoms with E-state index < -0.39 is 11.6 Å². The quantitative estimate of drug-likeness (QED) is 0.429. The number of nitrogens with two attached hydrogens (primary N) is 1. The van der Waals surface area contributed by atoms with Crippen molar-refractivity contribution < 1.29 is 13.5 Å². The van der Waals surface area contributed by atoms with Gasteiger partial charge in [0.25, 0.3) is 0 Å². The van der Waals surface area contributed by atoms with Crippen molar-refractivity contribution in [3.8, 4) is 0 Å². The Bertz CT molecular complexity index is 426. The molecular formula is C14H21BrF2N2O. The van der Waals surface area contributed by atoms with Crippen LogP contribution in [0.5, 0.6) is 0 Å². The summed E-state index contributed by atoms with van der Waals surface area (Å²) in [5, 5.41) is 0. The number of rotatable bonds is 8. The second-order valence-corrected chi connectivity index (χ2v) is 5.44. The summed E-state index contributed by atoms with van der Waals surface area (Å²) in [7, 11) is 0. The summed E-state index contributed by atoms with van der Waals surface area (Å²) in [6, 6.07) is 2.25. The molecule has 2 unspecified atom stereocenters. The fraction of sp³-hybridized carbons (Fsp3) is 0.571. The molecule has 114 valence electrons. The van der Waals surface area contributed by atoms with E-state index in [-0.39, 0.29) is 28.6 Å². The highest BCUT2D eigenvalue weighted by Crippen LogP contribution is 2.24. The minimum absolute atomic E-state index is 0.0168. The van der Waals surface area contributed by atoms with E-state index in [2.05, 4.69) is 21.4 Å². The minimum Gasteiger partial charge on any atom is -0.377 e. The second kappa shape index (κ2) is 8.67. The molecule has 3 nitrogen and oxygen atoms in total. The SMILES string of the molecule is CCCC(OCC)C(Cc1c(F)ccc(Br)c1F)NN. The van der Waals surface area contributed by atoms with Crippen LogP contribution in [0.15, 0.2) is 16.6 Å².